The molecule has 1 aliphatic heterocycles. The van der Waals surface area contributed by atoms with Crippen LogP contribution in [-0.2, 0) is 9.53 Å². The summed E-state index contributed by atoms with van der Waals surface area (Å²) in [7, 11) is 0. The Balaban J connectivity index is 1.40. The van der Waals surface area contributed by atoms with Gasteiger partial charge < -0.3 is 10.1 Å². The monoisotopic (exact) mass is 394 g/mol. The molecule has 1 aliphatic rings. The topological polar surface area (TPSA) is 67.4 Å². The first-order chi connectivity index (χ1) is 13.8. The average Bonchev–Trinajstić information content (AvgIpc) is 3.17. The van der Waals surface area contributed by atoms with Gasteiger partial charge in [-0.3, -0.25) is 14.7 Å². The van der Waals surface area contributed by atoms with Crippen molar-refractivity contribution in [1.29, 1.82) is 0 Å². The molecule has 0 aliphatic carbocycles. The summed E-state index contributed by atoms with van der Waals surface area (Å²) in [5, 5.41) is 3.85. The summed E-state index contributed by atoms with van der Waals surface area (Å²) in [6, 6.07) is 12.0. The quantitative estimate of drug-likeness (QED) is 0.651. The van der Waals surface area contributed by atoms with Gasteiger partial charge in [-0.05, 0) is 29.8 Å². The Morgan fingerprint density at radius 2 is 2.11 bits per heavy atom. The lowest BCUT2D eigenvalue weighted by molar-refractivity contribution is -0.116. The molecule has 0 saturated carbocycles. The zero-order valence-corrected chi connectivity index (χ0v) is 16.3. The number of hydrogen-bond donors (Lipinski definition) is 1. The second kappa shape index (κ2) is 9.05. The Kier molecular flexibility index (Phi) is 6.06. The number of para-hydroxylation sites is 1. The van der Waals surface area contributed by atoms with Gasteiger partial charge in [-0.15, -0.1) is 11.3 Å². The van der Waals surface area contributed by atoms with Gasteiger partial charge in [0, 0.05) is 38.1 Å². The predicted octanol–water partition coefficient (Wildman–Crippen LogP) is 2.89. The van der Waals surface area contributed by atoms with Crippen LogP contribution in [0.5, 0.6) is 0 Å². The third kappa shape index (κ3) is 4.62. The number of carbonyl (C=O) groups is 1. The molecule has 0 radical (unpaired) electrons. The van der Waals surface area contributed by atoms with Crippen molar-refractivity contribution in [2.45, 2.75) is 6.04 Å². The van der Waals surface area contributed by atoms with E-state index >= 15 is 0 Å². The van der Waals surface area contributed by atoms with Crippen LogP contribution in [-0.4, -0.2) is 53.6 Å². The van der Waals surface area contributed by atoms with Crippen LogP contribution in [0.4, 0.5) is 0 Å². The Hall–Kier alpha value is -2.61. The third-order valence-electron chi connectivity index (χ3n) is 4.71. The third-order valence-corrected chi connectivity index (χ3v) is 5.71. The molecule has 1 unspecified atom stereocenters. The Labute approximate surface area is 167 Å². The molecule has 28 heavy (non-hydrogen) atoms. The molecule has 1 aromatic carbocycles. The molecule has 4 rings (SSSR count). The number of carbonyl (C=O) groups excluding carboxylic acids is 1. The van der Waals surface area contributed by atoms with E-state index in [0.29, 0.717) is 19.8 Å². The number of pyridine rings is 1. The van der Waals surface area contributed by atoms with E-state index in [1.54, 1.807) is 29.7 Å². The number of rotatable bonds is 6. The van der Waals surface area contributed by atoms with Gasteiger partial charge in [0.25, 0.3) is 0 Å². The lowest BCUT2D eigenvalue weighted by Gasteiger charge is -2.34. The van der Waals surface area contributed by atoms with E-state index in [2.05, 4.69) is 26.3 Å². The van der Waals surface area contributed by atoms with Crippen LogP contribution in [0.25, 0.3) is 16.3 Å². The zero-order valence-electron chi connectivity index (χ0n) is 15.5. The van der Waals surface area contributed by atoms with Gasteiger partial charge in [0.1, 0.15) is 5.01 Å². The number of nitrogens with one attached hydrogen (secondary N) is 1. The minimum Gasteiger partial charge on any atom is -0.379 e. The van der Waals surface area contributed by atoms with E-state index in [-0.39, 0.29) is 11.9 Å². The van der Waals surface area contributed by atoms with E-state index in [1.807, 2.05) is 36.5 Å². The SMILES string of the molecule is O=C(C=Cc1nc2ccccc2s1)NCC(c1cccnc1)N1CCOCC1. The molecule has 0 bridgehead atoms. The first kappa shape index (κ1) is 18.7. The highest BCUT2D eigenvalue weighted by Gasteiger charge is 2.23. The number of amides is 1. The minimum absolute atomic E-state index is 0.0809. The van der Waals surface area contributed by atoms with E-state index in [0.717, 1.165) is 33.9 Å². The normalized spacial score (nSPS) is 16.4. The molecule has 0 spiro atoms. The summed E-state index contributed by atoms with van der Waals surface area (Å²) in [5.41, 5.74) is 2.05. The summed E-state index contributed by atoms with van der Waals surface area (Å²) in [5.74, 6) is -0.124. The van der Waals surface area contributed by atoms with Crippen LogP contribution < -0.4 is 5.32 Å². The lowest BCUT2D eigenvalue weighted by atomic mass is 10.1. The summed E-state index contributed by atoms with van der Waals surface area (Å²) in [6.07, 6.45) is 6.95. The number of hydrogen-bond acceptors (Lipinski definition) is 6. The van der Waals surface area contributed by atoms with Crippen LogP contribution in [0.15, 0.2) is 54.9 Å². The molecular formula is C21H22N4O2S. The highest BCUT2D eigenvalue weighted by atomic mass is 32.1. The van der Waals surface area contributed by atoms with E-state index in [9.17, 15) is 4.79 Å². The number of aromatic nitrogens is 2. The Bertz CT molecular complexity index is 918. The first-order valence-electron chi connectivity index (χ1n) is 9.33. The van der Waals surface area contributed by atoms with E-state index < -0.39 is 0 Å². The standard InChI is InChI=1S/C21H22N4O2S/c26-20(7-8-21-24-17-5-1-2-6-19(17)28-21)23-15-18(16-4-3-9-22-14-16)25-10-12-27-13-11-25/h1-9,14,18H,10-13,15H2,(H,23,26). The molecule has 1 amide bonds. The molecule has 3 aromatic rings. The van der Waals surface area contributed by atoms with Gasteiger partial charge in [-0.25, -0.2) is 4.98 Å². The summed E-state index contributed by atoms with van der Waals surface area (Å²) in [4.78, 5) is 23.5. The van der Waals surface area contributed by atoms with Crippen molar-refractivity contribution in [3.05, 3.63) is 65.4 Å². The number of thiazole rings is 1. The van der Waals surface area contributed by atoms with Gasteiger partial charge in [0.2, 0.25) is 5.91 Å². The Morgan fingerprint density at radius 1 is 1.25 bits per heavy atom. The van der Waals surface area contributed by atoms with Gasteiger partial charge in [0.15, 0.2) is 0 Å². The van der Waals surface area contributed by atoms with Gasteiger partial charge in [0.05, 0.1) is 29.5 Å². The molecule has 3 heterocycles. The maximum Gasteiger partial charge on any atom is 0.244 e. The van der Waals surface area contributed by atoms with Crippen molar-refractivity contribution < 1.29 is 9.53 Å². The van der Waals surface area contributed by atoms with Crippen LogP contribution in [0.1, 0.15) is 16.6 Å². The fourth-order valence-corrected chi connectivity index (χ4v) is 4.15. The lowest BCUT2D eigenvalue weighted by Crippen LogP contribution is -2.43. The van der Waals surface area contributed by atoms with Crippen LogP contribution in [0.2, 0.25) is 0 Å². The van der Waals surface area contributed by atoms with E-state index in [1.165, 1.54) is 0 Å². The molecule has 1 atom stereocenters. The van der Waals surface area contributed by atoms with Crippen molar-refractivity contribution in [2.75, 3.05) is 32.8 Å². The predicted molar refractivity (Wildman–Crippen MR) is 111 cm³/mol. The molecule has 1 saturated heterocycles. The first-order valence-corrected chi connectivity index (χ1v) is 10.1. The van der Waals surface area contributed by atoms with Crippen LogP contribution in [0.3, 0.4) is 0 Å². The smallest absolute Gasteiger partial charge is 0.244 e. The minimum atomic E-state index is -0.124. The maximum atomic E-state index is 12.4. The largest absolute Gasteiger partial charge is 0.379 e. The molecular weight excluding hydrogens is 372 g/mol. The summed E-state index contributed by atoms with van der Waals surface area (Å²) < 4.78 is 6.58. The molecule has 2 aromatic heterocycles. The highest BCUT2D eigenvalue weighted by molar-refractivity contribution is 7.19. The van der Waals surface area contributed by atoms with Crippen LogP contribution >= 0.6 is 11.3 Å². The molecule has 7 heteroatoms. The number of morpholine rings is 1. The molecule has 1 N–H and O–H groups in total. The second-order valence-corrected chi connectivity index (χ2v) is 7.61. The van der Waals surface area contributed by atoms with Crippen molar-refractivity contribution in [3.8, 4) is 0 Å². The van der Waals surface area contributed by atoms with Crippen molar-refractivity contribution in [1.82, 2.24) is 20.2 Å². The van der Waals surface area contributed by atoms with Crippen LogP contribution in [0, 0.1) is 0 Å². The molecule has 6 nitrogen and oxygen atoms in total. The Morgan fingerprint density at radius 3 is 2.89 bits per heavy atom. The number of benzene rings is 1. The maximum absolute atomic E-state index is 12.4. The van der Waals surface area contributed by atoms with E-state index in [4.69, 9.17) is 4.74 Å². The summed E-state index contributed by atoms with van der Waals surface area (Å²) in [6.45, 7) is 3.63. The number of fused-ring (bicyclic) bond motifs is 1. The summed E-state index contributed by atoms with van der Waals surface area (Å²) >= 11 is 1.57. The molecule has 144 valence electrons. The number of ether oxygens (including phenoxy) is 1. The van der Waals surface area contributed by atoms with Gasteiger partial charge in [-0.2, -0.15) is 0 Å². The van der Waals surface area contributed by atoms with Gasteiger partial charge >= 0.3 is 0 Å². The zero-order chi connectivity index (χ0) is 19.2. The number of nitrogens with zero attached hydrogens (tertiary/aromatic N) is 3. The second-order valence-electron chi connectivity index (χ2n) is 6.55. The molecule has 1 fully saturated rings. The average molecular weight is 395 g/mol. The fourth-order valence-electron chi connectivity index (χ4n) is 3.28. The van der Waals surface area contributed by atoms with Crippen molar-refractivity contribution >= 4 is 33.5 Å². The van der Waals surface area contributed by atoms with Gasteiger partial charge in [-0.1, -0.05) is 18.2 Å². The highest BCUT2D eigenvalue weighted by Crippen LogP contribution is 2.23. The fraction of sp³-hybridized carbons (Fsp3) is 0.286. The van der Waals surface area contributed by atoms with Crippen molar-refractivity contribution in [2.24, 2.45) is 0 Å². The van der Waals surface area contributed by atoms with Crippen molar-refractivity contribution in [3.63, 3.8) is 0 Å².